The van der Waals surface area contributed by atoms with Crippen LogP contribution in [0.2, 0.25) is 0 Å². The smallest absolute Gasteiger partial charge is 0.293 e. The van der Waals surface area contributed by atoms with Crippen LogP contribution in [0.15, 0.2) is 9.98 Å². The third kappa shape index (κ3) is 5.34. The molecule has 0 bridgehead atoms. The molecule has 1 fully saturated rings. The van der Waals surface area contributed by atoms with E-state index < -0.39 is 5.60 Å². The average molecular weight is 378 g/mol. The Morgan fingerprint density at radius 1 is 1.48 bits per heavy atom. The van der Waals surface area contributed by atoms with Crippen molar-refractivity contribution in [1.82, 2.24) is 4.98 Å². The predicted molar refractivity (Wildman–Crippen MR) is 88.3 cm³/mol. The Morgan fingerprint density at radius 2 is 2.14 bits per heavy atom. The van der Waals surface area contributed by atoms with Gasteiger partial charge in [-0.1, -0.05) is 26.2 Å². The fraction of sp³-hybridized carbons (Fsp3) is 0.733. The van der Waals surface area contributed by atoms with Crippen molar-refractivity contribution in [2.24, 2.45) is 5.92 Å². The molecule has 0 amide bonds. The van der Waals surface area contributed by atoms with Crippen LogP contribution in [0, 0.1) is 5.92 Å². The second-order valence-electron chi connectivity index (χ2n) is 5.13. The number of halogens is 1. The number of ether oxygens (including phenoxy) is 1. The molecule has 21 heavy (non-hydrogen) atoms. The Morgan fingerprint density at radius 3 is 2.52 bits per heavy atom. The van der Waals surface area contributed by atoms with Gasteiger partial charge in [-0.05, 0) is 48.0 Å². The minimum atomic E-state index is -0.697. The molecule has 0 aromatic carbocycles. The molecule has 120 valence electrons. The molecule has 1 aromatic heterocycles. The van der Waals surface area contributed by atoms with Gasteiger partial charge in [0.1, 0.15) is 10.6 Å². The van der Waals surface area contributed by atoms with Gasteiger partial charge in [0.2, 0.25) is 0 Å². The summed E-state index contributed by atoms with van der Waals surface area (Å²) in [6.45, 7) is 4.72. The third-order valence-electron chi connectivity index (χ3n) is 3.90. The summed E-state index contributed by atoms with van der Waals surface area (Å²) in [5, 5.41) is 11.7. The van der Waals surface area contributed by atoms with Crippen LogP contribution in [-0.4, -0.2) is 23.2 Å². The molecule has 1 aromatic rings. The number of aromatic nitrogens is 1. The monoisotopic (exact) mass is 377 g/mol. The molecule has 0 spiro atoms. The SMILES string of the molecule is CCOC=O.CC[C@@](O)(c1ncc(Br)s1)C1CCCCC1. The van der Waals surface area contributed by atoms with Crippen molar-refractivity contribution in [3.8, 4) is 0 Å². The van der Waals surface area contributed by atoms with Gasteiger partial charge in [-0.3, -0.25) is 4.79 Å². The molecule has 6 heteroatoms. The van der Waals surface area contributed by atoms with Gasteiger partial charge in [-0.2, -0.15) is 0 Å². The molecular weight excluding hydrogens is 354 g/mol. The molecule has 0 saturated heterocycles. The highest BCUT2D eigenvalue weighted by molar-refractivity contribution is 9.11. The Bertz CT molecular complexity index is 421. The number of nitrogens with zero attached hydrogens (tertiary/aromatic N) is 1. The van der Waals surface area contributed by atoms with Crippen molar-refractivity contribution < 1.29 is 14.6 Å². The quantitative estimate of drug-likeness (QED) is 0.778. The van der Waals surface area contributed by atoms with Crippen molar-refractivity contribution >= 4 is 33.7 Å². The molecule has 0 radical (unpaired) electrons. The third-order valence-corrected chi connectivity index (χ3v) is 5.55. The fourth-order valence-corrected chi connectivity index (χ4v) is 4.16. The van der Waals surface area contributed by atoms with E-state index in [0.717, 1.165) is 28.1 Å². The Balaban J connectivity index is 0.000000383. The van der Waals surface area contributed by atoms with Gasteiger partial charge >= 0.3 is 0 Å². The highest BCUT2D eigenvalue weighted by Crippen LogP contribution is 2.43. The summed E-state index contributed by atoms with van der Waals surface area (Å²) in [5.41, 5.74) is -0.697. The summed E-state index contributed by atoms with van der Waals surface area (Å²) in [7, 11) is 0. The van der Waals surface area contributed by atoms with Gasteiger partial charge in [-0.15, -0.1) is 11.3 Å². The second-order valence-corrected chi connectivity index (χ2v) is 7.54. The van der Waals surface area contributed by atoms with Crippen LogP contribution in [0.1, 0.15) is 57.4 Å². The van der Waals surface area contributed by atoms with E-state index in [-0.39, 0.29) is 0 Å². The summed E-state index contributed by atoms with van der Waals surface area (Å²) in [4.78, 5) is 13.5. The standard InChI is InChI=1S/C12H18BrNOS.C3H6O2/c1-2-12(15,9-6-4-3-5-7-9)11-14-8-10(13)16-11;1-2-5-3-4/h8-9,15H,2-7H2,1H3;3H,2H2,1H3/t12-;/m0./s1. The lowest BCUT2D eigenvalue weighted by atomic mass is 9.76. The summed E-state index contributed by atoms with van der Waals surface area (Å²) in [6.07, 6.45) is 8.65. The normalized spacial score (nSPS) is 18.3. The Labute approximate surface area is 139 Å². The summed E-state index contributed by atoms with van der Waals surface area (Å²) in [5.74, 6) is 0.393. The highest BCUT2D eigenvalue weighted by atomic mass is 79.9. The number of hydrogen-bond acceptors (Lipinski definition) is 5. The van der Waals surface area contributed by atoms with Crippen molar-refractivity contribution in [2.45, 2.75) is 58.0 Å². The topological polar surface area (TPSA) is 59.4 Å². The number of carbonyl (C=O) groups is 1. The molecule has 0 unspecified atom stereocenters. The van der Waals surface area contributed by atoms with Crippen LogP contribution in [0.25, 0.3) is 0 Å². The maximum atomic E-state index is 10.9. The average Bonchev–Trinajstić information content (AvgIpc) is 2.96. The van der Waals surface area contributed by atoms with Crippen LogP contribution in [0.3, 0.4) is 0 Å². The minimum absolute atomic E-state index is 0.393. The summed E-state index contributed by atoms with van der Waals surface area (Å²) >= 11 is 4.99. The van der Waals surface area contributed by atoms with Crippen molar-refractivity contribution in [1.29, 1.82) is 0 Å². The lowest BCUT2D eigenvalue weighted by Crippen LogP contribution is -2.35. The first-order valence-corrected chi connectivity index (χ1v) is 9.08. The molecule has 1 aliphatic carbocycles. The van der Waals surface area contributed by atoms with Crippen molar-refractivity contribution in [2.75, 3.05) is 6.61 Å². The van der Waals surface area contributed by atoms with E-state index in [9.17, 15) is 9.90 Å². The van der Waals surface area contributed by atoms with E-state index in [4.69, 9.17) is 0 Å². The van der Waals surface area contributed by atoms with Crippen LogP contribution in [-0.2, 0) is 15.1 Å². The molecule has 0 aliphatic heterocycles. The van der Waals surface area contributed by atoms with E-state index in [0.29, 0.717) is 19.0 Å². The zero-order valence-electron chi connectivity index (χ0n) is 12.7. The molecule has 1 aliphatic rings. The number of hydrogen-bond donors (Lipinski definition) is 1. The van der Waals surface area contributed by atoms with E-state index >= 15 is 0 Å². The first-order valence-electron chi connectivity index (χ1n) is 7.47. The molecule has 1 atom stereocenters. The lowest BCUT2D eigenvalue weighted by molar-refractivity contribution is -0.128. The van der Waals surface area contributed by atoms with Crippen LogP contribution in [0.5, 0.6) is 0 Å². The van der Waals surface area contributed by atoms with E-state index in [1.54, 1.807) is 24.5 Å². The maximum Gasteiger partial charge on any atom is 0.293 e. The molecule has 4 nitrogen and oxygen atoms in total. The summed E-state index contributed by atoms with van der Waals surface area (Å²) < 4.78 is 5.16. The Kier molecular flexibility index (Phi) is 8.44. The number of carbonyl (C=O) groups excluding carboxylic acids is 1. The fourth-order valence-electron chi connectivity index (χ4n) is 2.72. The van der Waals surface area contributed by atoms with Gasteiger partial charge in [0, 0.05) is 0 Å². The van der Waals surface area contributed by atoms with Crippen LogP contribution in [0.4, 0.5) is 0 Å². The van der Waals surface area contributed by atoms with Gasteiger partial charge in [0.15, 0.2) is 0 Å². The van der Waals surface area contributed by atoms with Gasteiger partial charge in [0.05, 0.1) is 16.6 Å². The Hall–Kier alpha value is -0.460. The molecule has 1 heterocycles. The van der Waals surface area contributed by atoms with Crippen molar-refractivity contribution in [3.63, 3.8) is 0 Å². The zero-order valence-corrected chi connectivity index (χ0v) is 15.1. The van der Waals surface area contributed by atoms with Gasteiger partial charge in [0.25, 0.3) is 6.47 Å². The van der Waals surface area contributed by atoms with E-state index in [2.05, 4.69) is 32.6 Å². The number of rotatable bonds is 5. The summed E-state index contributed by atoms with van der Waals surface area (Å²) in [6, 6.07) is 0. The molecule has 1 saturated carbocycles. The van der Waals surface area contributed by atoms with Gasteiger partial charge < -0.3 is 9.84 Å². The maximum absolute atomic E-state index is 10.9. The molecular formula is C15H24BrNO3S. The number of aliphatic hydroxyl groups is 1. The first-order chi connectivity index (χ1) is 10.1. The zero-order chi connectivity index (χ0) is 15.7. The molecule has 1 N–H and O–H groups in total. The minimum Gasteiger partial charge on any atom is -0.468 e. The van der Waals surface area contributed by atoms with Crippen molar-refractivity contribution in [3.05, 3.63) is 15.0 Å². The van der Waals surface area contributed by atoms with E-state index in [1.165, 1.54) is 19.3 Å². The largest absolute Gasteiger partial charge is 0.468 e. The number of thiazole rings is 1. The van der Waals surface area contributed by atoms with Crippen LogP contribution >= 0.6 is 27.3 Å². The predicted octanol–water partition coefficient (Wildman–Crippen LogP) is 4.26. The first kappa shape index (κ1) is 18.6. The van der Waals surface area contributed by atoms with E-state index in [1.807, 2.05) is 0 Å². The lowest BCUT2D eigenvalue weighted by Gasteiger charge is -2.36. The van der Waals surface area contributed by atoms with Crippen LogP contribution < -0.4 is 0 Å². The second kappa shape index (κ2) is 9.54. The van der Waals surface area contributed by atoms with Gasteiger partial charge in [-0.25, -0.2) is 4.98 Å². The molecule has 2 rings (SSSR count). The highest BCUT2D eigenvalue weighted by Gasteiger charge is 2.39.